The van der Waals surface area contributed by atoms with Crippen molar-refractivity contribution in [3.63, 3.8) is 0 Å². The third-order valence-electron chi connectivity index (χ3n) is 9.16. The predicted molar refractivity (Wildman–Crippen MR) is 158 cm³/mol. The molecule has 1 aliphatic carbocycles. The average molecular weight is 607 g/mol. The molecule has 4 aromatic rings. The lowest BCUT2D eigenvalue weighted by Crippen LogP contribution is -2.54. The van der Waals surface area contributed by atoms with Crippen LogP contribution in [0, 0.1) is 11.7 Å². The maximum Gasteiger partial charge on any atom is 0.261 e. The number of anilines is 1. The van der Waals surface area contributed by atoms with Gasteiger partial charge < -0.3 is 19.1 Å². The van der Waals surface area contributed by atoms with Crippen LogP contribution in [0.15, 0.2) is 41.5 Å². The molecule has 1 spiro atoms. The summed E-state index contributed by atoms with van der Waals surface area (Å²) in [5, 5.41) is 5.35. The maximum atomic E-state index is 15.2. The highest BCUT2D eigenvalue weighted by Crippen LogP contribution is 2.43. The summed E-state index contributed by atoms with van der Waals surface area (Å²) in [6.07, 6.45) is 7.22. The van der Waals surface area contributed by atoms with Gasteiger partial charge in [0.1, 0.15) is 34.8 Å². The van der Waals surface area contributed by atoms with Crippen molar-refractivity contribution in [1.29, 1.82) is 0 Å². The Hall–Kier alpha value is -3.38. The highest BCUT2D eigenvalue weighted by molar-refractivity contribution is 6.30. The number of aromatic nitrogens is 5. The second kappa shape index (κ2) is 10.7. The van der Waals surface area contributed by atoms with Crippen LogP contribution in [0.5, 0.6) is 0 Å². The van der Waals surface area contributed by atoms with E-state index in [1.807, 2.05) is 10.9 Å². The standard InChI is InChI=1S/C31H32ClFN6O4/c32-21-3-4-22(24(33)10-21)28-29-23(30(40)39-5-1-2-26(39)35-29)11-27(36-28)37-6-7-42-25(17-37)20-14-34-38(16-20)15-19-12-31(13-19)18-41-8-9-43-31/h3-4,10-11,14,16,19,25H,1-2,5-9,12-13,15,17-18H2/t19?,25-,31?/m1/s1. The first kappa shape index (κ1) is 27.2. The second-order valence-electron chi connectivity index (χ2n) is 12.1. The minimum atomic E-state index is -0.506. The molecule has 224 valence electrons. The molecule has 1 saturated carbocycles. The number of aryl methyl sites for hydroxylation is 1. The van der Waals surface area contributed by atoms with E-state index in [9.17, 15) is 4.79 Å². The van der Waals surface area contributed by atoms with Crippen molar-refractivity contribution in [2.24, 2.45) is 5.92 Å². The van der Waals surface area contributed by atoms with Gasteiger partial charge in [-0.1, -0.05) is 11.6 Å². The summed E-state index contributed by atoms with van der Waals surface area (Å²) in [6.45, 7) is 5.06. The lowest BCUT2D eigenvalue weighted by atomic mass is 9.71. The normalized spacial score (nSPS) is 25.3. The molecule has 0 unspecified atom stereocenters. The number of pyridine rings is 1. The molecule has 0 N–H and O–H groups in total. The van der Waals surface area contributed by atoms with Crippen LogP contribution in [0.25, 0.3) is 22.2 Å². The van der Waals surface area contributed by atoms with E-state index in [0.717, 1.165) is 31.4 Å². The number of halogens is 2. The fourth-order valence-corrected chi connectivity index (χ4v) is 7.20. The zero-order valence-electron chi connectivity index (χ0n) is 23.7. The van der Waals surface area contributed by atoms with Gasteiger partial charge in [-0.2, -0.15) is 5.10 Å². The van der Waals surface area contributed by atoms with E-state index in [1.54, 1.807) is 22.8 Å². The molecule has 0 radical (unpaired) electrons. The molecule has 12 heteroatoms. The Labute approximate surface area is 252 Å². The van der Waals surface area contributed by atoms with Gasteiger partial charge in [0.2, 0.25) is 0 Å². The molecule has 6 heterocycles. The molecule has 0 amide bonds. The molecule has 1 atom stereocenters. The van der Waals surface area contributed by atoms with Crippen LogP contribution in [-0.2, 0) is 33.7 Å². The fourth-order valence-electron chi connectivity index (χ4n) is 7.04. The number of ether oxygens (including phenoxy) is 3. The molecule has 2 saturated heterocycles. The molecule has 0 bridgehead atoms. The Morgan fingerprint density at radius 2 is 2.02 bits per heavy atom. The predicted octanol–water partition coefficient (Wildman–Crippen LogP) is 4.17. The number of fused-ring (bicyclic) bond motifs is 2. The van der Waals surface area contributed by atoms with Gasteiger partial charge in [0.15, 0.2) is 0 Å². The number of hydrogen-bond acceptors (Lipinski definition) is 8. The molecule has 3 fully saturated rings. The first-order valence-corrected chi connectivity index (χ1v) is 15.3. The van der Waals surface area contributed by atoms with Crippen LogP contribution in [-0.4, -0.2) is 69.4 Å². The molecular weight excluding hydrogens is 575 g/mol. The van der Waals surface area contributed by atoms with E-state index in [1.165, 1.54) is 6.07 Å². The molecule has 8 rings (SSSR count). The first-order chi connectivity index (χ1) is 20.9. The van der Waals surface area contributed by atoms with Gasteiger partial charge in [-0.3, -0.25) is 14.0 Å². The Morgan fingerprint density at radius 1 is 1.12 bits per heavy atom. The fraction of sp³-hybridized carbons (Fsp3) is 0.484. The van der Waals surface area contributed by atoms with Crippen molar-refractivity contribution in [2.75, 3.05) is 44.4 Å². The van der Waals surface area contributed by atoms with E-state index >= 15 is 4.39 Å². The van der Waals surface area contributed by atoms with Crippen molar-refractivity contribution in [2.45, 2.75) is 50.5 Å². The van der Waals surface area contributed by atoms with Crippen LogP contribution >= 0.6 is 11.6 Å². The third-order valence-corrected chi connectivity index (χ3v) is 9.39. The van der Waals surface area contributed by atoms with Gasteiger partial charge >= 0.3 is 0 Å². The van der Waals surface area contributed by atoms with E-state index in [0.29, 0.717) is 91.7 Å². The van der Waals surface area contributed by atoms with Crippen molar-refractivity contribution >= 4 is 28.3 Å². The Balaban J connectivity index is 1.07. The molecule has 4 aliphatic rings. The number of rotatable bonds is 5. The molecule has 43 heavy (non-hydrogen) atoms. The quantitative estimate of drug-likeness (QED) is 0.334. The topological polar surface area (TPSA) is 96.5 Å². The highest BCUT2D eigenvalue weighted by Gasteiger charge is 2.47. The summed E-state index contributed by atoms with van der Waals surface area (Å²) in [7, 11) is 0. The van der Waals surface area contributed by atoms with Gasteiger partial charge in [0, 0.05) is 54.9 Å². The molecule has 1 aromatic carbocycles. The monoisotopic (exact) mass is 606 g/mol. The Kier molecular flexibility index (Phi) is 6.74. The van der Waals surface area contributed by atoms with Crippen molar-refractivity contribution in [3.8, 4) is 11.3 Å². The Bertz CT molecular complexity index is 1760. The van der Waals surface area contributed by atoms with Crippen LogP contribution in [0.2, 0.25) is 5.02 Å². The van der Waals surface area contributed by atoms with E-state index in [4.69, 9.17) is 35.8 Å². The van der Waals surface area contributed by atoms with Gasteiger partial charge in [-0.25, -0.2) is 14.4 Å². The van der Waals surface area contributed by atoms with Gasteiger partial charge in [0.05, 0.1) is 43.6 Å². The lowest BCUT2D eigenvalue weighted by molar-refractivity contribution is -0.211. The summed E-state index contributed by atoms with van der Waals surface area (Å²) in [6, 6.07) is 6.29. The first-order valence-electron chi connectivity index (χ1n) is 15.0. The van der Waals surface area contributed by atoms with Gasteiger partial charge in [0.25, 0.3) is 5.56 Å². The molecule has 3 aliphatic heterocycles. The number of nitrogens with zero attached hydrogens (tertiary/aromatic N) is 6. The third kappa shape index (κ3) is 4.92. The van der Waals surface area contributed by atoms with Crippen LogP contribution < -0.4 is 10.5 Å². The van der Waals surface area contributed by atoms with E-state index in [2.05, 4.69) is 16.2 Å². The van der Waals surface area contributed by atoms with Crippen LogP contribution in [0.1, 0.15) is 36.8 Å². The molecule has 10 nitrogen and oxygen atoms in total. The number of benzene rings is 1. The minimum absolute atomic E-state index is 0.107. The second-order valence-corrected chi connectivity index (χ2v) is 12.5. The minimum Gasteiger partial charge on any atom is -0.376 e. The summed E-state index contributed by atoms with van der Waals surface area (Å²) in [5.74, 6) is 1.29. The van der Waals surface area contributed by atoms with E-state index in [-0.39, 0.29) is 22.8 Å². The van der Waals surface area contributed by atoms with Crippen molar-refractivity contribution in [1.82, 2.24) is 24.3 Å². The summed E-state index contributed by atoms with van der Waals surface area (Å²) < 4.78 is 36.7. The number of morpholine rings is 1. The zero-order chi connectivity index (χ0) is 29.1. The zero-order valence-corrected chi connectivity index (χ0v) is 24.4. The summed E-state index contributed by atoms with van der Waals surface area (Å²) in [4.78, 5) is 25.4. The summed E-state index contributed by atoms with van der Waals surface area (Å²) >= 11 is 6.06. The van der Waals surface area contributed by atoms with Gasteiger partial charge in [-0.15, -0.1) is 0 Å². The SMILES string of the molecule is O=c1c2cc(N3CCO[C@@H](c4cnn(CC5CC6(COCCO6)C5)c4)C3)nc(-c3ccc(Cl)cc3F)c2nc2n1CCC2. The van der Waals surface area contributed by atoms with Crippen molar-refractivity contribution < 1.29 is 18.6 Å². The lowest BCUT2D eigenvalue weighted by Gasteiger charge is -2.49. The average Bonchev–Trinajstić information content (AvgIpc) is 3.67. The molecule has 3 aromatic heterocycles. The number of hydrogen-bond donors (Lipinski definition) is 0. The van der Waals surface area contributed by atoms with Crippen LogP contribution in [0.3, 0.4) is 0 Å². The maximum absolute atomic E-state index is 15.2. The summed E-state index contributed by atoms with van der Waals surface area (Å²) in [5.41, 5.74) is 1.78. The van der Waals surface area contributed by atoms with Crippen molar-refractivity contribution in [3.05, 3.63) is 69.2 Å². The highest BCUT2D eigenvalue weighted by atomic mass is 35.5. The van der Waals surface area contributed by atoms with Crippen LogP contribution in [0.4, 0.5) is 10.2 Å². The van der Waals surface area contributed by atoms with Gasteiger partial charge in [-0.05, 0) is 49.4 Å². The largest absolute Gasteiger partial charge is 0.376 e. The Morgan fingerprint density at radius 3 is 2.86 bits per heavy atom. The smallest absolute Gasteiger partial charge is 0.261 e. The molecular formula is C31H32ClFN6O4. The van der Waals surface area contributed by atoms with E-state index < -0.39 is 5.82 Å².